The number of hydrogen-bond donors (Lipinski definition) is 0. The average Bonchev–Trinajstić information content (AvgIpc) is 2.72. The molecule has 0 N–H and O–H groups in total. The maximum absolute atomic E-state index is 6.44. The van der Waals surface area contributed by atoms with Crippen LogP contribution in [0.25, 0.3) is 0 Å². The quantitative estimate of drug-likeness (QED) is 0.613. The van der Waals surface area contributed by atoms with Crippen LogP contribution in [0, 0.1) is 0 Å². The molecule has 152 valence electrons. The topological polar surface area (TPSA) is 31.7 Å². The molecule has 0 radical (unpaired) electrons. The normalized spacial score (nSPS) is 19.6. The smallest absolute Gasteiger partial charge is 0.168 e. The fourth-order valence-corrected chi connectivity index (χ4v) is 4.77. The highest BCUT2D eigenvalue weighted by molar-refractivity contribution is 8.13. The van der Waals surface area contributed by atoms with Gasteiger partial charge in [-0.3, -0.25) is 0 Å². The Bertz CT molecular complexity index is 946. The van der Waals surface area contributed by atoms with Gasteiger partial charge in [0.2, 0.25) is 0 Å². The molecule has 4 rings (SSSR count). The van der Waals surface area contributed by atoms with E-state index in [0.29, 0.717) is 5.02 Å². The van der Waals surface area contributed by atoms with Gasteiger partial charge in [-0.1, -0.05) is 56.3 Å². The number of pyridine rings is 1. The molecular weight excluding hydrogens is 400 g/mol. The summed E-state index contributed by atoms with van der Waals surface area (Å²) in [6.07, 6.45) is 6.92. The Morgan fingerprint density at radius 2 is 1.90 bits per heavy atom. The number of piperidine rings is 1. The molecular formula is C23H27ClN4S. The lowest BCUT2D eigenvalue weighted by atomic mass is 9.87. The summed E-state index contributed by atoms with van der Waals surface area (Å²) in [5.41, 5.74) is 4.02. The Kier molecular flexibility index (Phi) is 5.63. The molecule has 1 unspecified atom stereocenters. The maximum atomic E-state index is 6.44. The molecule has 0 spiro atoms. The number of amidine groups is 1. The van der Waals surface area contributed by atoms with Crippen molar-refractivity contribution in [3.63, 3.8) is 0 Å². The summed E-state index contributed by atoms with van der Waals surface area (Å²) < 4.78 is 0. The highest BCUT2D eigenvalue weighted by Crippen LogP contribution is 2.35. The van der Waals surface area contributed by atoms with Crippen LogP contribution in [-0.2, 0) is 5.41 Å². The molecule has 0 amide bonds. The number of aromatic nitrogens is 1. The van der Waals surface area contributed by atoms with Gasteiger partial charge in [0.25, 0.3) is 0 Å². The summed E-state index contributed by atoms with van der Waals surface area (Å²) >= 11 is 8.13. The first-order chi connectivity index (χ1) is 13.9. The maximum Gasteiger partial charge on any atom is 0.168 e. The highest BCUT2D eigenvalue weighted by atomic mass is 35.5. The molecule has 3 heterocycles. The van der Waals surface area contributed by atoms with Crippen molar-refractivity contribution in [1.29, 1.82) is 0 Å². The van der Waals surface area contributed by atoms with Crippen LogP contribution in [0.5, 0.6) is 0 Å². The van der Waals surface area contributed by atoms with Gasteiger partial charge in [0.05, 0.1) is 11.1 Å². The Labute approximate surface area is 182 Å². The van der Waals surface area contributed by atoms with E-state index < -0.39 is 0 Å². The zero-order chi connectivity index (χ0) is 20.6. The zero-order valence-electron chi connectivity index (χ0n) is 17.4. The molecule has 2 aliphatic heterocycles. The second-order valence-corrected chi connectivity index (χ2v) is 9.69. The van der Waals surface area contributed by atoms with Crippen LogP contribution in [0.3, 0.4) is 0 Å². The summed E-state index contributed by atoms with van der Waals surface area (Å²) in [5, 5.41) is 1.73. The fraction of sp³-hybridized carbons (Fsp3) is 0.391. The van der Waals surface area contributed by atoms with Crippen LogP contribution >= 0.6 is 23.4 Å². The van der Waals surface area contributed by atoms with E-state index in [9.17, 15) is 0 Å². The largest absolute Gasteiger partial charge is 0.353 e. The molecule has 1 fully saturated rings. The molecule has 0 aliphatic carbocycles. The lowest BCUT2D eigenvalue weighted by Crippen LogP contribution is -2.52. The van der Waals surface area contributed by atoms with Crippen LogP contribution < -0.4 is 9.80 Å². The fourth-order valence-electron chi connectivity index (χ4n) is 3.95. The average molecular weight is 427 g/mol. The van der Waals surface area contributed by atoms with E-state index in [0.717, 1.165) is 30.5 Å². The predicted molar refractivity (Wildman–Crippen MR) is 127 cm³/mol. The minimum absolute atomic E-state index is 0.138. The minimum Gasteiger partial charge on any atom is -0.353 e. The predicted octanol–water partition coefficient (Wildman–Crippen LogP) is 5.73. The van der Waals surface area contributed by atoms with Crippen molar-refractivity contribution < 1.29 is 0 Å². The van der Waals surface area contributed by atoms with Gasteiger partial charge in [-0.2, -0.15) is 0 Å². The van der Waals surface area contributed by atoms with Crippen molar-refractivity contribution in [2.45, 2.75) is 38.6 Å². The van der Waals surface area contributed by atoms with Gasteiger partial charge < -0.3 is 9.80 Å². The van der Waals surface area contributed by atoms with E-state index in [1.54, 1.807) is 11.8 Å². The van der Waals surface area contributed by atoms with Gasteiger partial charge >= 0.3 is 0 Å². The molecule has 6 heteroatoms. The Hall–Kier alpha value is -1.98. The van der Waals surface area contributed by atoms with Gasteiger partial charge in [0, 0.05) is 31.2 Å². The number of aliphatic imine (C=N–C) groups is 1. The second kappa shape index (κ2) is 8.04. The van der Waals surface area contributed by atoms with Crippen molar-refractivity contribution in [2.75, 3.05) is 29.1 Å². The SMILES string of the molecule is CSC1=NC=C2CCN(c3ncccc3Cl)CC2N1c1ccc(C(C)(C)C)cc1. The van der Waals surface area contributed by atoms with Gasteiger partial charge in [-0.25, -0.2) is 9.98 Å². The molecule has 1 atom stereocenters. The van der Waals surface area contributed by atoms with Crippen molar-refractivity contribution in [2.24, 2.45) is 4.99 Å². The number of anilines is 2. The van der Waals surface area contributed by atoms with Crippen molar-refractivity contribution in [3.8, 4) is 0 Å². The van der Waals surface area contributed by atoms with E-state index in [2.05, 4.69) is 72.3 Å². The number of nitrogens with zero attached hydrogens (tertiary/aromatic N) is 4. The van der Waals surface area contributed by atoms with E-state index in [1.807, 2.05) is 18.3 Å². The third-order valence-corrected chi connectivity index (χ3v) is 6.55. The van der Waals surface area contributed by atoms with Crippen LogP contribution in [0.4, 0.5) is 11.5 Å². The van der Waals surface area contributed by atoms with Crippen molar-refractivity contribution >= 4 is 40.0 Å². The first-order valence-corrected chi connectivity index (χ1v) is 11.5. The molecule has 4 nitrogen and oxygen atoms in total. The zero-order valence-corrected chi connectivity index (χ0v) is 19.0. The number of halogens is 1. The number of benzene rings is 1. The molecule has 2 aromatic rings. The van der Waals surface area contributed by atoms with Gasteiger partial charge in [0.1, 0.15) is 5.82 Å². The molecule has 1 saturated heterocycles. The van der Waals surface area contributed by atoms with Crippen LogP contribution in [0.15, 0.2) is 59.4 Å². The minimum atomic E-state index is 0.138. The number of fused-ring (bicyclic) bond motifs is 1. The molecule has 1 aromatic carbocycles. The monoisotopic (exact) mass is 426 g/mol. The number of rotatable bonds is 2. The summed E-state index contributed by atoms with van der Waals surface area (Å²) in [6, 6.07) is 12.9. The van der Waals surface area contributed by atoms with E-state index in [4.69, 9.17) is 16.6 Å². The molecule has 29 heavy (non-hydrogen) atoms. The lowest BCUT2D eigenvalue weighted by molar-refractivity contribution is 0.588. The third kappa shape index (κ3) is 4.03. The van der Waals surface area contributed by atoms with E-state index >= 15 is 0 Å². The number of hydrogen-bond acceptors (Lipinski definition) is 5. The standard InChI is InChI=1S/C23H27ClN4S/c1-23(2,3)17-7-9-18(10-8-17)28-20-15-27(21-19(24)6-5-12-25-21)13-11-16(20)14-26-22(28)29-4/h5-10,12,14,20H,11,13,15H2,1-4H3. The van der Waals surface area contributed by atoms with Gasteiger partial charge in [-0.15, -0.1) is 0 Å². The molecule has 0 bridgehead atoms. The Balaban J connectivity index is 1.67. The Morgan fingerprint density at radius 1 is 1.14 bits per heavy atom. The second-order valence-electron chi connectivity index (χ2n) is 8.51. The molecule has 2 aliphatic rings. The summed E-state index contributed by atoms with van der Waals surface area (Å²) in [4.78, 5) is 14.0. The van der Waals surface area contributed by atoms with Crippen molar-refractivity contribution in [1.82, 2.24) is 4.98 Å². The first-order valence-electron chi connectivity index (χ1n) is 9.94. The Morgan fingerprint density at radius 3 is 2.55 bits per heavy atom. The highest BCUT2D eigenvalue weighted by Gasteiger charge is 2.35. The molecule has 0 saturated carbocycles. The van der Waals surface area contributed by atoms with Crippen LogP contribution in [0.1, 0.15) is 32.8 Å². The first kappa shape index (κ1) is 20.3. The van der Waals surface area contributed by atoms with E-state index in [1.165, 1.54) is 16.8 Å². The summed E-state index contributed by atoms with van der Waals surface area (Å²) in [6.45, 7) is 8.47. The summed E-state index contributed by atoms with van der Waals surface area (Å²) in [5.74, 6) is 0.865. The van der Waals surface area contributed by atoms with Crippen LogP contribution in [0.2, 0.25) is 5.02 Å². The summed E-state index contributed by atoms with van der Waals surface area (Å²) in [7, 11) is 0. The van der Waals surface area contributed by atoms with Crippen molar-refractivity contribution in [3.05, 3.63) is 65.0 Å². The molecule has 1 aromatic heterocycles. The van der Waals surface area contributed by atoms with Gasteiger partial charge in [-0.05, 0) is 53.5 Å². The number of thioether (sulfide) groups is 1. The lowest BCUT2D eigenvalue weighted by Gasteiger charge is -2.44. The van der Waals surface area contributed by atoms with Gasteiger partial charge in [0.15, 0.2) is 5.17 Å². The van der Waals surface area contributed by atoms with Crippen LogP contribution in [-0.4, -0.2) is 35.5 Å². The van der Waals surface area contributed by atoms with E-state index in [-0.39, 0.29) is 11.5 Å². The third-order valence-electron chi connectivity index (χ3n) is 5.58.